The van der Waals surface area contributed by atoms with E-state index in [2.05, 4.69) is 18.8 Å². The third-order valence-electron chi connectivity index (χ3n) is 3.16. The summed E-state index contributed by atoms with van der Waals surface area (Å²) in [6, 6.07) is 1.94. The van der Waals surface area contributed by atoms with Crippen molar-refractivity contribution in [1.82, 2.24) is 4.98 Å². The second-order valence-corrected chi connectivity index (χ2v) is 4.15. The van der Waals surface area contributed by atoms with Crippen molar-refractivity contribution in [2.75, 3.05) is 0 Å². The molecule has 1 rings (SSSR count). The average Bonchev–Trinajstić information content (AvgIpc) is 2.17. The van der Waals surface area contributed by atoms with Crippen LogP contribution in [0.1, 0.15) is 38.3 Å². The predicted octanol–water partition coefficient (Wildman–Crippen LogP) is 2.64. The Labute approximate surface area is 86.0 Å². The smallest absolute Gasteiger partial charge is 0.0911 e. The van der Waals surface area contributed by atoms with Crippen molar-refractivity contribution in [3.05, 3.63) is 29.6 Å². The van der Waals surface area contributed by atoms with Gasteiger partial charge in [-0.15, -0.1) is 0 Å². The lowest BCUT2D eigenvalue weighted by Gasteiger charge is -2.31. The summed E-state index contributed by atoms with van der Waals surface area (Å²) in [5, 5.41) is 10.4. The van der Waals surface area contributed by atoms with Crippen LogP contribution in [-0.4, -0.2) is 10.1 Å². The number of aromatic nitrogens is 1. The molecule has 2 heteroatoms. The van der Waals surface area contributed by atoms with E-state index in [1.165, 1.54) is 0 Å². The van der Waals surface area contributed by atoms with E-state index >= 15 is 0 Å². The third kappa shape index (κ3) is 1.95. The van der Waals surface area contributed by atoms with E-state index in [1.807, 2.05) is 19.9 Å². The highest BCUT2D eigenvalue weighted by Crippen LogP contribution is 2.32. The highest BCUT2D eigenvalue weighted by molar-refractivity contribution is 5.27. The molecule has 1 N–H and O–H groups in total. The summed E-state index contributed by atoms with van der Waals surface area (Å²) in [5.74, 6) is 0.241. The number of pyridine rings is 1. The summed E-state index contributed by atoms with van der Waals surface area (Å²) >= 11 is 0. The number of aryl methyl sites for hydroxylation is 1. The molecular weight excluding hydrogens is 174 g/mol. The van der Waals surface area contributed by atoms with E-state index in [0.717, 1.165) is 17.5 Å². The van der Waals surface area contributed by atoms with Gasteiger partial charge in [-0.1, -0.05) is 20.3 Å². The van der Waals surface area contributed by atoms with Gasteiger partial charge < -0.3 is 5.11 Å². The van der Waals surface area contributed by atoms with Gasteiger partial charge in [0, 0.05) is 18.0 Å². The molecule has 2 nitrogen and oxygen atoms in total. The highest BCUT2D eigenvalue weighted by Gasteiger charge is 2.30. The zero-order valence-corrected chi connectivity index (χ0v) is 9.41. The van der Waals surface area contributed by atoms with Gasteiger partial charge in [0.1, 0.15) is 0 Å². The van der Waals surface area contributed by atoms with E-state index in [9.17, 15) is 5.11 Å². The third-order valence-corrected chi connectivity index (χ3v) is 3.16. The van der Waals surface area contributed by atoms with Gasteiger partial charge in [-0.2, -0.15) is 0 Å². The van der Waals surface area contributed by atoms with Crippen LogP contribution in [0.5, 0.6) is 0 Å². The molecule has 0 radical (unpaired) electrons. The fraction of sp³-hybridized carbons (Fsp3) is 0.583. The quantitative estimate of drug-likeness (QED) is 0.800. The molecule has 1 aromatic rings. The summed E-state index contributed by atoms with van der Waals surface area (Å²) in [5.41, 5.74) is 1.27. The molecule has 0 amide bonds. The lowest BCUT2D eigenvalue weighted by Crippen LogP contribution is -2.30. The number of hydrogen-bond acceptors (Lipinski definition) is 2. The minimum absolute atomic E-state index is 0.241. The zero-order chi connectivity index (χ0) is 10.8. The molecule has 0 saturated heterocycles. The first-order valence-corrected chi connectivity index (χ1v) is 5.13. The number of hydrogen-bond donors (Lipinski definition) is 1. The van der Waals surface area contributed by atoms with Crippen molar-refractivity contribution in [1.29, 1.82) is 0 Å². The molecule has 0 bridgehead atoms. The van der Waals surface area contributed by atoms with Crippen LogP contribution >= 0.6 is 0 Å². The zero-order valence-electron chi connectivity index (χ0n) is 9.41. The fourth-order valence-electron chi connectivity index (χ4n) is 1.66. The standard InChI is InChI=1S/C12H19NO/c1-5-10(3)12(4,14)11-8-13-7-6-9(11)2/h6-8,10,14H,5H2,1-4H3. The molecule has 0 aromatic carbocycles. The van der Waals surface area contributed by atoms with Gasteiger partial charge in [0.2, 0.25) is 0 Å². The van der Waals surface area contributed by atoms with Gasteiger partial charge in [-0.25, -0.2) is 0 Å². The van der Waals surface area contributed by atoms with Gasteiger partial charge in [-0.3, -0.25) is 4.98 Å². The fourth-order valence-corrected chi connectivity index (χ4v) is 1.66. The maximum absolute atomic E-state index is 10.4. The summed E-state index contributed by atoms with van der Waals surface area (Å²) in [6.45, 7) is 8.02. The maximum Gasteiger partial charge on any atom is 0.0911 e. The van der Waals surface area contributed by atoms with Crippen molar-refractivity contribution in [2.45, 2.75) is 39.7 Å². The normalized spacial score (nSPS) is 17.5. The molecule has 0 spiro atoms. The Morgan fingerprint density at radius 3 is 2.71 bits per heavy atom. The van der Waals surface area contributed by atoms with E-state index in [1.54, 1.807) is 12.4 Å². The van der Waals surface area contributed by atoms with E-state index in [-0.39, 0.29) is 5.92 Å². The van der Waals surface area contributed by atoms with Crippen LogP contribution in [0.2, 0.25) is 0 Å². The van der Waals surface area contributed by atoms with Crippen LogP contribution in [0.25, 0.3) is 0 Å². The van der Waals surface area contributed by atoms with Crippen molar-refractivity contribution in [3.8, 4) is 0 Å². The SMILES string of the molecule is CCC(C)C(C)(O)c1cnccc1C. The van der Waals surface area contributed by atoms with Crippen LogP contribution in [-0.2, 0) is 5.60 Å². The van der Waals surface area contributed by atoms with Gasteiger partial charge >= 0.3 is 0 Å². The average molecular weight is 193 g/mol. The second-order valence-electron chi connectivity index (χ2n) is 4.15. The van der Waals surface area contributed by atoms with Crippen LogP contribution < -0.4 is 0 Å². The molecule has 0 aliphatic carbocycles. The minimum atomic E-state index is -0.771. The van der Waals surface area contributed by atoms with Crippen LogP contribution in [0.4, 0.5) is 0 Å². The lowest BCUT2D eigenvalue weighted by atomic mass is 9.81. The number of rotatable bonds is 3. The first-order chi connectivity index (χ1) is 6.50. The largest absolute Gasteiger partial charge is 0.385 e. The maximum atomic E-state index is 10.4. The van der Waals surface area contributed by atoms with E-state index in [0.29, 0.717) is 0 Å². The van der Waals surface area contributed by atoms with Crippen molar-refractivity contribution < 1.29 is 5.11 Å². The first kappa shape index (κ1) is 11.2. The predicted molar refractivity (Wildman–Crippen MR) is 58.0 cm³/mol. The molecule has 1 aromatic heterocycles. The number of aliphatic hydroxyl groups is 1. The second kappa shape index (κ2) is 4.09. The summed E-state index contributed by atoms with van der Waals surface area (Å²) in [4.78, 5) is 4.07. The first-order valence-electron chi connectivity index (χ1n) is 5.13. The monoisotopic (exact) mass is 193 g/mol. The Balaban J connectivity index is 3.09. The Hall–Kier alpha value is -0.890. The van der Waals surface area contributed by atoms with Gasteiger partial charge in [0.15, 0.2) is 0 Å². The Morgan fingerprint density at radius 2 is 2.21 bits per heavy atom. The molecule has 0 aliphatic heterocycles. The van der Waals surface area contributed by atoms with Gasteiger partial charge in [0.25, 0.3) is 0 Å². The van der Waals surface area contributed by atoms with Crippen LogP contribution in [0, 0.1) is 12.8 Å². The molecule has 2 unspecified atom stereocenters. The molecular formula is C12H19NO. The van der Waals surface area contributed by atoms with Crippen LogP contribution in [0.3, 0.4) is 0 Å². The summed E-state index contributed by atoms with van der Waals surface area (Å²) in [6.07, 6.45) is 4.48. The van der Waals surface area contributed by atoms with Crippen molar-refractivity contribution >= 4 is 0 Å². The molecule has 0 saturated carbocycles. The molecule has 78 valence electrons. The van der Waals surface area contributed by atoms with Gasteiger partial charge in [0.05, 0.1) is 5.60 Å². The van der Waals surface area contributed by atoms with Crippen molar-refractivity contribution in [2.24, 2.45) is 5.92 Å². The summed E-state index contributed by atoms with van der Waals surface area (Å²) in [7, 11) is 0. The van der Waals surface area contributed by atoms with Crippen LogP contribution in [0.15, 0.2) is 18.5 Å². The van der Waals surface area contributed by atoms with Crippen molar-refractivity contribution in [3.63, 3.8) is 0 Å². The molecule has 14 heavy (non-hydrogen) atoms. The van der Waals surface area contributed by atoms with E-state index in [4.69, 9.17) is 0 Å². The lowest BCUT2D eigenvalue weighted by molar-refractivity contribution is -0.000845. The molecule has 0 aliphatic rings. The Morgan fingerprint density at radius 1 is 1.57 bits per heavy atom. The molecule has 1 heterocycles. The highest BCUT2D eigenvalue weighted by atomic mass is 16.3. The minimum Gasteiger partial charge on any atom is -0.385 e. The van der Waals surface area contributed by atoms with Gasteiger partial charge in [-0.05, 0) is 31.4 Å². The topological polar surface area (TPSA) is 33.1 Å². The summed E-state index contributed by atoms with van der Waals surface area (Å²) < 4.78 is 0. The number of nitrogens with zero attached hydrogens (tertiary/aromatic N) is 1. The molecule has 0 fully saturated rings. The molecule has 2 atom stereocenters. The Bertz CT molecular complexity index is 307. The van der Waals surface area contributed by atoms with E-state index < -0.39 is 5.60 Å². The Kier molecular flexibility index (Phi) is 3.27.